The standard InChI is InChI=1S/C16H27N3O/c1-2-12-6-5-7-13(10-12)16-18-15(20-19-16)11-17-14-8-3-4-9-14/h12-14,17H,2-11H2,1H3. The first-order valence-corrected chi connectivity index (χ1v) is 8.41. The third-order valence-electron chi connectivity index (χ3n) is 5.11. The summed E-state index contributed by atoms with van der Waals surface area (Å²) in [7, 11) is 0. The number of hydrogen-bond donors (Lipinski definition) is 1. The van der Waals surface area contributed by atoms with Crippen LogP contribution in [0.3, 0.4) is 0 Å². The van der Waals surface area contributed by atoms with Crippen molar-refractivity contribution in [2.24, 2.45) is 5.92 Å². The van der Waals surface area contributed by atoms with Crippen molar-refractivity contribution in [3.8, 4) is 0 Å². The maximum Gasteiger partial charge on any atom is 0.240 e. The Hall–Kier alpha value is -0.900. The van der Waals surface area contributed by atoms with Gasteiger partial charge in [0.2, 0.25) is 5.89 Å². The molecule has 0 radical (unpaired) electrons. The highest BCUT2D eigenvalue weighted by atomic mass is 16.5. The minimum atomic E-state index is 0.526. The van der Waals surface area contributed by atoms with Crippen molar-refractivity contribution < 1.29 is 4.52 Å². The Bertz CT molecular complexity index is 412. The Balaban J connectivity index is 1.53. The van der Waals surface area contributed by atoms with Gasteiger partial charge in [-0.15, -0.1) is 0 Å². The second-order valence-electron chi connectivity index (χ2n) is 6.55. The summed E-state index contributed by atoms with van der Waals surface area (Å²) in [5.74, 6) is 3.10. The van der Waals surface area contributed by atoms with Crippen LogP contribution in [0.4, 0.5) is 0 Å². The SMILES string of the molecule is CCC1CCCC(c2noc(CNC3CCCC3)n2)C1. The zero-order valence-corrected chi connectivity index (χ0v) is 12.6. The van der Waals surface area contributed by atoms with Gasteiger partial charge in [-0.25, -0.2) is 0 Å². The number of nitrogens with one attached hydrogen (secondary N) is 1. The first kappa shape index (κ1) is 14.1. The molecule has 0 aromatic carbocycles. The van der Waals surface area contributed by atoms with E-state index in [1.165, 1.54) is 57.8 Å². The van der Waals surface area contributed by atoms with Gasteiger partial charge < -0.3 is 9.84 Å². The largest absolute Gasteiger partial charge is 0.338 e. The van der Waals surface area contributed by atoms with E-state index in [4.69, 9.17) is 4.52 Å². The molecule has 20 heavy (non-hydrogen) atoms. The Kier molecular flexibility index (Phi) is 4.71. The van der Waals surface area contributed by atoms with E-state index in [1.54, 1.807) is 0 Å². The molecule has 1 aromatic heterocycles. The van der Waals surface area contributed by atoms with Crippen LogP contribution < -0.4 is 5.32 Å². The predicted octanol–water partition coefficient (Wildman–Crippen LogP) is 3.79. The fraction of sp³-hybridized carbons (Fsp3) is 0.875. The summed E-state index contributed by atoms with van der Waals surface area (Å²) in [6.07, 6.45) is 11.7. The van der Waals surface area contributed by atoms with Crippen molar-refractivity contribution in [1.29, 1.82) is 0 Å². The van der Waals surface area contributed by atoms with Crippen LogP contribution in [0, 0.1) is 5.92 Å². The van der Waals surface area contributed by atoms with E-state index in [0.717, 1.165) is 24.2 Å². The maximum atomic E-state index is 5.42. The molecule has 1 aromatic rings. The zero-order valence-electron chi connectivity index (χ0n) is 12.6. The topological polar surface area (TPSA) is 51.0 Å². The van der Waals surface area contributed by atoms with Crippen molar-refractivity contribution >= 4 is 0 Å². The van der Waals surface area contributed by atoms with Crippen molar-refractivity contribution in [3.05, 3.63) is 11.7 Å². The van der Waals surface area contributed by atoms with Gasteiger partial charge in [0.15, 0.2) is 5.82 Å². The number of aromatic nitrogens is 2. The molecule has 2 aliphatic rings. The van der Waals surface area contributed by atoms with E-state index < -0.39 is 0 Å². The molecule has 0 bridgehead atoms. The molecule has 3 rings (SSSR count). The van der Waals surface area contributed by atoms with E-state index in [-0.39, 0.29) is 0 Å². The van der Waals surface area contributed by atoms with Gasteiger partial charge in [-0.05, 0) is 31.6 Å². The van der Waals surface area contributed by atoms with Gasteiger partial charge in [0.25, 0.3) is 0 Å². The number of hydrogen-bond acceptors (Lipinski definition) is 4. The molecule has 0 aliphatic heterocycles. The molecule has 4 nitrogen and oxygen atoms in total. The molecule has 2 atom stereocenters. The summed E-state index contributed by atoms with van der Waals surface area (Å²) in [4.78, 5) is 4.62. The molecule has 1 heterocycles. The molecular weight excluding hydrogens is 250 g/mol. The Labute approximate surface area is 121 Å². The van der Waals surface area contributed by atoms with Gasteiger partial charge in [-0.1, -0.05) is 44.2 Å². The third kappa shape index (κ3) is 3.40. The van der Waals surface area contributed by atoms with E-state index in [9.17, 15) is 0 Å². The lowest BCUT2D eigenvalue weighted by Crippen LogP contribution is -2.25. The first-order valence-electron chi connectivity index (χ1n) is 8.41. The summed E-state index contributed by atoms with van der Waals surface area (Å²) in [6.45, 7) is 3.03. The molecule has 4 heteroatoms. The average molecular weight is 277 g/mol. The highest BCUT2D eigenvalue weighted by Crippen LogP contribution is 2.36. The molecule has 2 unspecified atom stereocenters. The molecule has 2 aliphatic carbocycles. The monoisotopic (exact) mass is 277 g/mol. The van der Waals surface area contributed by atoms with Crippen LogP contribution in [-0.4, -0.2) is 16.2 Å². The Morgan fingerprint density at radius 1 is 1.15 bits per heavy atom. The van der Waals surface area contributed by atoms with E-state index >= 15 is 0 Å². The molecule has 0 amide bonds. The second-order valence-corrected chi connectivity index (χ2v) is 6.55. The molecule has 0 spiro atoms. The van der Waals surface area contributed by atoms with Gasteiger partial charge >= 0.3 is 0 Å². The van der Waals surface area contributed by atoms with Crippen LogP contribution in [0.15, 0.2) is 4.52 Å². The van der Waals surface area contributed by atoms with Crippen LogP contribution >= 0.6 is 0 Å². The molecular formula is C16H27N3O. The average Bonchev–Trinajstić information content (AvgIpc) is 3.16. The Morgan fingerprint density at radius 3 is 2.80 bits per heavy atom. The summed E-state index contributed by atoms with van der Waals surface area (Å²) in [6, 6.07) is 0.657. The molecule has 2 saturated carbocycles. The van der Waals surface area contributed by atoms with Gasteiger partial charge in [-0.2, -0.15) is 4.98 Å². The van der Waals surface area contributed by atoms with E-state index in [0.29, 0.717) is 12.0 Å². The highest BCUT2D eigenvalue weighted by molar-refractivity contribution is 4.98. The minimum Gasteiger partial charge on any atom is -0.338 e. The van der Waals surface area contributed by atoms with Crippen molar-refractivity contribution in [1.82, 2.24) is 15.5 Å². The number of rotatable bonds is 5. The van der Waals surface area contributed by atoms with Gasteiger partial charge in [0.1, 0.15) is 0 Å². The van der Waals surface area contributed by atoms with Gasteiger partial charge in [0, 0.05) is 12.0 Å². The van der Waals surface area contributed by atoms with E-state index in [2.05, 4.69) is 22.4 Å². The lowest BCUT2D eigenvalue weighted by molar-refractivity contribution is 0.297. The summed E-state index contributed by atoms with van der Waals surface area (Å²) in [5, 5.41) is 7.77. The fourth-order valence-electron chi connectivity index (χ4n) is 3.76. The highest BCUT2D eigenvalue weighted by Gasteiger charge is 2.26. The molecule has 112 valence electrons. The number of nitrogens with zero attached hydrogens (tertiary/aromatic N) is 2. The van der Waals surface area contributed by atoms with E-state index in [1.807, 2.05) is 0 Å². The van der Waals surface area contributed by atoms with Crippen LogP contribution in [0.2, 0.25) is 0 Å². The van der Waals surface area contributed by atoms with Crippen LogP contribution in [0.25, 0.3) is 0 Å². The van der Waals surface area contributed by atoms with Gasteiger partial charge in [0.05, 0.1) is 6.54 Å². The second kappa shape index (κ2) is 6.70. The molecule has 1 N–H and O–H groups in total. The summed E-state index contributed by atoms with van der Waals surface area (Å²) < 4.78 is 5.42. The normalized spacial score (nSPS) is 28.1. The van der Waals surface area contributed by atoms with Crippen molar-refractivity contribution in [2.45, 2.75) is 83.2 Å². The van der Waals surface area contributed by atoms with Crippen molar-refractivity contribution in [3.63, 3.8) is 0 Å². The van der Waals surface area contributed by atoms with Gasteiger partial charge in [-0.3, -0.25) is 0 Å². The van der Waals surface area contributed by atoms with Crippen LogP contribution in [0.1, 0.15) is 82.3 Å². The fourth-order valence-corrected chi connectivity index (χ4v) is 3.76. The third-order valence-corrected chi connectivity index (χ3v) is 5.11. The lowest BCUT2D eigenvalue weighted by atomic mass is 9.80. The first-order chi connectivity index (χ1) is 9.85. The predicted molar refractivity (Wildman–Crippen MR) is 78.4 cm³/mol. The van der Waals surface area contributed by atoms with Crippen LogP contribution in [0.5, 0.6) is 0 Å². The van der Waals surface area contributed by atoms with Crippen molar-refractivity contribution in [2.75, 3.05) is 0 Å². The Morgan fingerprint density at radius 2 is 2.00 bits per heavy atom. The minimum absolute atomic E-state index is 0.526. The molecule has 0 saturated heterocycles. The zero-order chi connectivity index (χ0) is 13.8. The summed E-state index contributed by atoms with van der Waals surface area (Å²) in [5.41, 5.74) is 0. The summed E-state index contributed by atoms with van der Waals surface area (Å²) >= 11 is 0. The van der Waals surface area contributed by atoms with Crippen LogP contribution in [-0.2, 0) is 6.54 Å². The molecule has 2 fully saturated rings. The maximum absolute atomic E-state index is 5.42. The quantitative estimate of drug-likeness (QED) is 0.889. The lowest BCUT2D eigenvalue weighted by Gasteiger charge is -2.26. The smallest absolute Gasteiger partial charge is 0.240 e.